The van der Waals surface area contributed by atoms with Crippen LogP contribution in [0.2, 0.25) is 0 Å². The van der Waals surface area contributed by atoms with E-state index in [1.807, 2.05) is 64.1 Å². The molecule has 1 unspecified atom stereocenters. The molecule has 2 aromatic heterocycles. The summed E-state index contributed by atoms with van der Waals surface area (Å²) < 4.78 is 12.3. The third-order valence-corrected chi connectivity index (χ3v) is 7.38. The van der Waals surface area contributed by atoms with Crippen LogP contribution in [0.3, 0.4) is 0 Å². The van der Waals surface area contributed by atoms with Gasteiger partial charge < -0.3 is 19.2 Å². The highest BCUT2D eigenvalue weighted by molar-refractivity contribution is 6.17. The van der Waals surface area contributed by atoms with Crippen LogP contribution in [0.1, 0.15) is 67.4 Å². The number of ether oxygens (including phenoxy) is 1. The van der Waals surface area contributed by atoms with Gasteiger partial charge in [0, 0.05) is 65.7 Å². The number of hydrogen-bond acceptors (Lipinski definition) is 7. The molecule has 0 spiro atoms. The first-order chi connectivity index (χ1) is 18.2. The van der Waals surface area contributed by atoms with Gasteiger partial charge in [0.15, 0.2) is 0 Å². The number of aromatic nitrogens is 1. The normalized spacial score (nSPS) is 16.2. The Labute approximate surface area is 224 Å². The SMILES string of the molecule is CCCOC(=O)c1c(C(C)(C)C)oc2c1c(C(c1ccncc1)N1CCN(C)CC1)c(O)c1ccccc12. The molecule has 0 aliphatic carbocycles. The van der Waals surface area contributed by atoms with Crippen molar-refractivity contribution in [3.05, 3.63) is 71.2 Å². The van der Waals surface area contributed by atoms with Gasteiger partial charge in [0.05, 0.1) is 12.6 Å². The molecular formula is C31H37N3O4. The highest BCUT2D eigenvalue weighted by atomic mass is 16.5. The molecule has 1 atom stereocenters. The van der Waals surface area contributed by atoms with Crippen LogP contribution in [-0.2, 0) is 10.2 Å². The number of phenolic OH excluding ortho intramolecular Hbond substituents is 1. The summed E-state index contributed by atoms with van der Waals surface area (Å²) in [6.45, 7) is 11.8. The van der Waals surface area contributed by atoms with Crippen molar-refractivity contribution in [2.75, 3.05) is 39.8 Å². The zero-order valence-electron chi connectivity index (χ0n) is 23.0. The van der Waals surface area contributed by atoms with Crippen molar-refractivity contribution in [1.82, 2.24) is 14.8 Å². The predicted octanol–water partition coefficient (Wildman–Crippen LogP) is 5.89. The molecule has 0 saturated carbocycles. The Kier molecular flexibility index (Phi) is 7.16. The lowest BCUT2D eigenvalue weighted by Crippen LogP contribution is -2.46. The molecular weight excluding hydrogens is 478 g/mol. The molecule has 5 rings (SSSR count). The maximum absolute atomic E-state index is 13.7. The molecule has 1 saturated heterocycles. The van der Waals surface area contributed by atoms with Crippen LogP contribution in [0.5, 0.6) is 5.75 Å². The molecule has 1 aliphatic heterocycles. The molecule has 200 valence electrons. The van der Waals surface area contributed by atoms with Gasteiger partial charge in [-0.3, -0.25) is 9.88 Å². The standard InChI is InChI=1S/C31H37N3O4/c1-6-19-37-30(36)25-23-24(26(20-11-13-32-14-12-20)34-17-15-33(5)16-18-34)27(35)21-9-7-8-10-22(21)28(23)38-29(25)31(2,3)4/h7-14,26,35H,6,15-19H2,1-5H3. The van der Waals surface area contributed by atoms with Crippen LogP contribution in [-0.4, -0.2) is 65.7 Å². The molecule has 7 nitrogen and oxygen atoms in total. The van der Waals surface area contributed by atoms with Crippen LogP contribution in [0, 0.1) is 0 Å². The van der Waals surface area contributed by atoms with Crippen molar-refractivity contribution in [3.8, 4) is 5.75 Å². The number of carbonyl (C=O) groups is 1. The molecule has 0 radical (unpaired) electrons. The van der Waals surface area contributed by atoms with Gasteiger partial charge in [-0.15, -0.1) is 0 Å². The van der Waals surface area contributed by atoms with Crippen molar-refractivity contribution in [1.29, 1.82) is 0 Å². The number of aromatic hydroxyl groups is 1. The van der Waals surface area contributed by atoms with E-state index in [1.54, 1.807) is 12.4 Å². The molecule has 2 aromatic carbocycles. The number of nitrogens with zero attached hydrogens (tertiary/aromatic N) is 3. The third-order valence-electron chi connectivity index (χ3n) is 7.38. The Bertz CT molecular complexity index is 1450. The van der Waals surface area contributed by atoms with Crippen LogP contribution in [0.25, 0.3) is 21.7 Å². The minimum absolute atomic E-state index is 0.166. The minimum atomic E-state index is -0.465. The molecule has 1 fully saturated rings. The molecule has 1 N–H and O–H groups in total. The van der Waals surface area contributed by atoms with Gasteiger partial charge in [-0.05, 0) is 31.2 Å². The van der Waals surface area contributed by atoms with E-state index in [0.717, 1.165) is 37.1 Å². The minimum Gasteiger partial charge on any atom is -0.507 e. The van der Waals surface area contributed by atoms with Gasteiger partial charge in [-0.1, -0.05) is 52.0 Å². The van der Waals surface area contributed by atoms with Gasteiger partial charge in [0.25, 0.3) is 0 Å². The number of rotatable bonds is 6. The quantitative estimate of drug-likeness (QED) is 0.321. The summed E-state index contributed by atoms with van der Waals surface area (Å²) in [6, 6.07) is 11.4. The highest BCUT2D eigenvalue weighted by Gasteiger charge is 2.37. The van der Waals surface area contributed by atoms with E-state index in [1.165, 1.54) is 0 Å². The number of esters is 1. The number of pyridine rings is 1. The number of carbonyl (C=O) groups excluding carboxylic acids is 1. The zero-order chi connectivity index (χ0) is 27.0. The average molecular weight is 516 g/mol. The predicted molar refractivity (Wildman–Crippen MR) is 150 cm³/mol. The molecule has 0 bridgehead atoms. The monoisotopic (exact) mass is 515 g/mol. The summed E-state index contributed by atoms with van der Waals surface area (Å²) in [4.78, 5) is 22.7. The Morgan fingerprint density at radius 1 is 1.08 bits per heavy atom. The Morgan fingerprint density at radius 2 is 1.74 bits per heavy atom. The van der Waals surface area contributed by atoms with Crippen molar-refractivity contribution >= 4 is 27.7 Å². The lowest BCUT2D eigenvalue weighted by molar-refractivity contribution is 0.0502. The van der Waals surface area contributed by atoms with E-state index in [4.69, 9.17) is 9.15 Å². The number of likely N-dealkylation sites (N-methyl/N-ethyl adjacent to an activating group) is 1. The summed E-state index contributed by atoms with van der Waals surface area (Å²) in [6.07, 6.45) is 4.27. The molecule has 0 amide bonds. The highest BCUT2D eigenvalue weighted by Crippen LogP contribution is 2.49. The molecule has 7 heteroatoms. The summed E-state index contributed by atoms with van der Waals surface area (Å²) in [5, 5.41) is 14.1. The Balaban J connectivity index is 1.90. The van der Waals surface area contributed by atoms with Gasteiger partial charge in [-0.2, -0.15) is 0 Å². The van der Waals surface area contributed by atoms with Crippen molar-refractivity contribution in [2.24, 2.45) is 0 Å². The van der Waals surface area contributed by atoms with Gasteiger partial charge in [0.2, 0.25) is 0 Å². The Hall–Kier alpha value is -3.42. The van der Waals surface area contributed by atoms with E-state index in [9.17, 15) is 9.90 Å². The fourth-order valence-corrected chi connectivity index (χ4v) is 5.47. The zero-order valence-corrected chi connectivity index (χ0v) is 23.0. The number of furan rings is 1. The Morgan fingerprint density at radius 3 is 2.37 bits per heavy atom. The lowest BCUT2D eigenvalue weighted by Gasteiger charge is -2.39. The molecule has 4 aromatic rings. The summed E-state index contributed by atoms with van der Waals surface area (Å²) >= 11 is 0. The number of phenols is 1. The van der Waals surface area contributed by atoms with Crippen molar-refractivity contribution < 1.29 is 19.1 Å². The van der Waals surface area contributed by atoms with E-state index in [-0.39, 0.29) is 11.8 Å². The van der Waals surface area contributed by atoms with E-state index >= 15 is 0 Å². The van der Waals surface area contributed by atoms with E-state index in [0.29, 0.717) is 46.3 Å². The van der Waals surface area contributed by atoms with Crippen molar-refractivity contribution in [3.63, 3.8) is 0 Å². The third kappa shape index (κ3) is 4.65. The van der Waals surface area contributed by atoms with Gasteiger partial charge in [0.1, 0.15) is 22.7 Å². The first kappa shape index (κ1) is 26.2. The van der Waals surface area contributed by atoms with Crippen LogP contribution in [0.15, 0.2) is 53.2 Å². The second-order valence-electron chi connectivity index (χ2n) is 11.2. The second kappa shape index (κ2) is 10.4. The molecule has 1 aliphatic rings. The summed E-state index contributed by atoms with van der Waals surface area (Å²) in [5.41, 5.74) is 2.23. The second-order valence-corrected chi connectivity index (χ2v) is 11.2. The maximum atomic E-state index is 13.7. The summed E-state index contributed by atoms with van der Waals surface area (Å²) in [5.74, 6) is 0.315. The lowest BCUT2D eigenvalue weighted by atomic mass is 9.85. The number of piperazine rings is 1. The molecule has 3 heterocycles. The van der Waals surface area contributed by atoms with E-state index in [2.05, 4.69) is 21.8 Å². The number of benzene rings is 2. The first-order valence-electron chi connectivity index (χ1n) is 13.4. The van der Waals surface area contributed by atoms with Crippen LogP contribution < -0.4 is 0 Å². The van der Waals surface area contributed by atoms with Gasteiger partial charge >= 0.3 is 5.97 Å². The van der Waals surface area contributed by atoms with Crippen LogP contribution >= 0.6 is 0 Å². The fourth-order valence-electron chi connectivity index (χ4n) is 5.47. The van der Waals surface area contributed by atoms with Gasteiger partial charge in [-0.25, -0.2) is 4.79 Å². The topological polar surface area (TPSA) is 79.0 Å². The fraction of sp³-hybridized carbons (Fsp3) is 0.419. The van der Waals surface area contributed by atoms with Crippen LogP contribution in [0.4, 0.5) is 0 Å². The average Bonchev–Trinajstić information content (AvgIpc) is 3.32. The smallest absolute Gasteiger partial charge is 0.342 e. The van der Waals surface area contributed by atoms with E-state index < -0.39 is 11.4 Å². The number of fused-ring (bicyclic) bond motifs is 3. The first-order valence-corrected chi connectivity index (χ1v) is 13.4. The number of hydrogen-bond donors (Lipinski definition) is 1. The van der Waals surface area contributed by atoms with Crippen molar-refractivity contribution in [2.45, 2.75) is 45.6 Å². The summed E-state index contributed by atoms with van der Waals surface area (Å²) in [7, 11) is 2.12. The maximum Gasteiger partial charge on any atom is 0.342 e. The molecule has 38 heavy (non-hydrogen) atoms. The largest absolute Gasteiger partial charge is 0.507 e.